The zero-order valence-corrected chi connectivity index (χ0v) is 15.9. The van der Waals surface area contributed by atoms with Gasteiger partial charge in [-0.25, -0.2) is 9.78 Å². The monoisotopic (exact) mass is 405 g/mol. The number of carbonyl (C=O) groups excluding carboxylic acids is 1. The highest BCUT2D eigenvalue weighted by atomic mass is 79.9. The Bertz CT molecular complexity index is 945. The highest BCUT2D eigenvalue weighted by Crippen LogP contribution is 2.28. The molecule has 0 fully saturated rings. The lowest BCUT2D eigenvalue weighted by atomic mass is 10.1. The number of nitrogen functional groups attached to an aromatic ring is 1. The van der Waals surface area contributed by atoms with E-state index in [4.69, 9.17) is 10.5 Å². The summed E-state index contributed by atoms with van der Waals surface area (Å²) in [5.41, 5.74) is 7.13. The first kappa shape index (κ1) is 17.5. The number of benzene rings is 1. The maximum atomic E-state index is 11.7. The number of amides is 1. The van der Waals surface area contributed by atoms with Gasteiger partial charge in [0, 0.05) is 22.6 Å². The molecule has 2 aromatic heterocycles. The van der Waals surface area contributed by atoms with Crippen molar-refractivity contribution in [1.82, 2.24) is 20.1 Å². The maximum absolute atomic E-state index is 11.7. The molecule has 2 heterocycles. The number of carbonyl (C=O) groups is 1. The van der Waals surface area contributed by atoms with Crippen LogP contribution in [0.25, 0.3) is 21.8 Å². The Balaban J connectivity index is 1.78. The molecule has 3 aromatic rings. The van der Waals surface area contributed by atoms with Crippen LogP contribution in [0.2, 0.25) is 0 Å². The van der Waals surface area contributed by atoms with Crippen molar-refractivity contribution in [2.45, 2.75) is 32.9 Å². The number of hydrogen-bond acceptors (Lipinski definition) is 5. The molecule has 7 nitrogen and oxygen atoms in total. The van der Waals surface area contributed by atoms with Crippen LogP contribution in [0.3, 0.4) is 0 Å². The normalized spacial score (nSPS) is 11.8. The van der Waals surface area contributed by atoms with Crippen molar-refractivity contribution in [2.75, 3.05) is 12.3 Å². The molecule has 0 saturated carbocycles. The molecule has 1 amide bonds. The van der Waals surface area contributed by atoms with Gasteiger partial charge in [0.25, 0.3) is 0 Å². The number of nitrogens with zero attached hydrogens (tertiary/aromatic N) is 3. The highest BCUT2D eigenvalue weighted by molar-refractivity contribution is 9.10. The molecule has 0 aliphatic heterocycles. The molecule has 0 radical (unpaired) electrons. The van der Waals surface area contributed by atoms with Gasteiger partial charge in [-0.05, 0) is 39.0 Å². The number of pyridine rings is 1. The molecule has 0 unspecified atom stereocenters. The molecule has 0 saturated heterocycles. The van der Waals surface area contributed by atoms with E-state index in [-0.39, 0.29) is 0 Å². The third-order valence-corrected chi connectivity index (χ3v) is 4.00. The molecule has 1 aromatic carbocycles. The summed E-state index contributed by atoms with van der Waals surface area (Å²) in [5, 5.41) is 9.04. The Morgan fingerprint density at radius 3 is 2.84 bits per heavy atom. The summed E-state index contributed by atoms with van der Waals surface area (Å²) in [6.45, 7) is 6.38. The van der Waals surface area contributed by atoms with Crippen LogP contribution in [-0.4, -0.2) is 33.0 Å². The molecule has 3 rings (SSSR count). The van der Waals surface area contributed by atoms with Crippen molar-refractivity contribution in [3.8, 4) is 0 Å². The smallest absolute Gasteiger partial charge is 0.407 e. The predicted molar refractivity (Wildman–Crippen MR) is 101 cm³/mol. The minimum atomic E-state index is -0.516. The number of rotatable bonds is 3. The third-order valence-electron chi connectivity index (χ3n) is 3.50. The van der Waals surface area contributed by atoms with Gasteiger partial charge in [0.1, 0.15) is 16.9 Å². The number of hydrogen-bond donors (Lipinski definition) is 2. The van der Waals surface area contributed by atoms with E-state index in [2.05, 4.69) is 31.3 Å². The number of halogens is 1. The van der Waals surface area contributed by atoms with Gasteiger partial charge in [0.05, 0.1) is 17.4 Å². The summed E-state index contributed by atoms with van der Waals surface area (Å²) in [6.07, 6.45) is 1.40. The minimum absolute atomic E-state index is 0.402. The van der Waals surface area contributed by atoms with Crippen LogP contribution in [-0.2, 0) is 11.3 Å². The number of aromatic nitrogens is 3. The lowest BCUT2D eigenvalue weighted by molar-refractivity contribution is 0.0525. The second-order valence-corrected chi connectivity index (χ2v) is 7.66. The Morgan fingerprint density at radius 2 is 2.12 bits per heavy atom. The first-order valence-corrected chi connectivity index (χ1v) is 8.71. The van der Waals surface area contributed by atoms with Crippen molar-refractivity contribution in [1.29, 1.82) is 0 Å². The van der Waals surface area contributed by atoms with E-state index >= 15 is 0 Å². The SMILES string of the molecule is CC(C)(C)OC(=O)NCCn1cc2c(N)nc3cc(Br)ccc3c2n1. The molecule has 0 spiro atoms. The van der Waals surface area contributed by atoms with Crippen molar-refractivity contribution in [2.24, 2.45) is 0 Å². The zero-order valence-electron chi connectivity index (χ0n) is 14.3. The van der Waals surface area contributed by atoms with E-state index in [0.29, 0.717) is 18.9 Å². The van der Waals surface area contributed by atoms with Gasteiger partial charge < -0.3 is 15.8 Å². The Labute approximate surface area is 153 Å². The topological polar surface area (TPSA) is 95.1 Å². The van der Waals surface area contributed by atoms with Crippen molar-refractivity contribution in [3.63, 3.8) is 0 Å². The zero-order chi connectivity index (χ0) is 18.2. The molecule has 0 bridgehead atoms. The van der Waals surface area contributed by atoms with Crippen molar-refractivity contribution < 1.29 is 9.53 Å². The number of ether oxygens (including phenoxy) is 1. The van der Waals surface area contributed by atoms with Gasteiger partial charge in [-0.15, -0.1) is 0 Å². The van der Waals surface area contributed by atoms with Crippen molar-refractivity contribution >= 4 is 49.6 Å². The average Bonchev–Trinajstić information content (AvgIpc) is 2.90. The number of fused-ring (bicyclic) bond motifs is 3. The summed E-state index contributed by atoms with van der Waals surface area (Å²) in [4.78, 5) is 16.1. The van der Waals surface area contributed by atoms with E-state index in [1.165, 1.54) is 0 Å². The van der Waals surface area contributed by atoms with E-state index in [9.17, 15) is 4.79 Å². The first-order chi connectivity index (χ1) is 11.7. The Morgan fingerprint density at radius 1 is 1.36 bits per heavy atom. The fourth-order valence-corrected chi connectivity index (χ4v) is 2.85. The van der Waals surface area contributed by atoms with Crippen LogP contribution in [0.5, 0.6) is 0 Å². The summed E-state index contributed by atoms with van der Waals surface area (Å²) >= 11 is 3.44. The molecule has 0 aliphatic rings. The number of nitrogens with one attached hydrogen (secondary N) is 1. The molecule has 25 heavy (non-hydrogen) atoms. The predicted octanol–water partition coefficient (Wildman–Crippen LogP) is 3.45. The van der Waals surface area contributed by atoms with Crippen LogP contribution < -0.4 is 11.1 Å². The van der Waals surface area contributed by atoms with E-state index in [0.717, 1.165) is 26.3 Å². The summed E-state index contributed by atoms with van der Waals surface area (Å²) in [7, 11) is 0. The molecular weight excluding hydrogens is 386 g/mol. The number of nitrogens with two attached hydrogens (primary N) is 1. The van der Waals surface area contributed by atoms with Crippen LogP contribution >= 0.6 is 15.9 Å². The van der Waals surface area contributed by atoms with Gasteiger partial charge in [0.15, 0.2) is 0 Å². The Hall–Kier alpha value is -2.35. The van der Waals surface area contributed by atoms with E-state index < -0.39 is 11.7 Å². The highest BCUT2D eigenvalue weighted by Gasteiger charge is 2.16. The molecule has 8 heteroatoms. The number of alkyl carbamates (subject to hydrolysis) is 1. The van der Waals surface area contributed by atoms with E-state index in [1.807, 2.05) is 45.2 Å². The maximum Gasteiger partial charge on any atom is 0.407 e. The van der Waals surface area contributed by atoms with Crippen LogP contribution in [0.4, 0.5) is 10.6 Å². The first-order valence-electron chi connectivity index (χ1n) is 7.92. The fourth-order valence-electron chi connectivity index (χ4n) is 2.50. The van der Waals surface area contributed by atoms with Gasteiger partial charge in [-0.3, -0.25) is 4.68 Å². The fraction of sp³-hybridized carbons (Fsp3) is 0.353. The average molecular weight is 406 g/mol. The van der Waals surface area contributed by atoms with Crippen LogP contribution in [0.1, 0.15) is 20.8 Å². The molecule has 0 aliphatic carbocycles. The Kier molecular flexibility index (Phi) is 4.55. The van der Waals surface area contributed by atoms with Gasteiger partial charge in [-0.1, -0.05) is 15.9 Å². The summed E-state index contributed by atoms with van der Waals surface area (Å²) in [5.74, 6) is 0.437. The largest absolute Gasteiger partial charge is 0.444 e. The third kappa shape index (κ3) is 4.01. The van der Waals surface area contributed by atoms with Crippen molar-refractivity contribution in [3.05, 3.63) is 28.9 Å². The summed E-state index contributed by atoms with van der Waals surface area (Å²) in [6, 6.07) is 5.82. The lowest BCUT2D eigenvalue weighted by Gasteiger charge is -2.19. The second-order valence-electron chi connectivity index (χ2n) is 6.74. The van der Waals surface area contributed by atoms with Gasteiger partial charge >= 0.3 is 6.09 Å². The molecule has 132 valence electrons. The van der Waals surface area contributed by atoms with Crippen LogP contribution in [0, 0.1) is 0 Å². The second kappa shape index (κ2) is 6.51. The molecule has 0 atom stereocenters. The van der Waals surface area contributed by atoms with Gasteiger partial charge in [-0.2, -0.15) is 5.10 Å². The van der Waals surface area contributed by atoms with Gasteiger partial charge in [0.2, 0.25) is 0 Å². The quantitative estimate of drug-likeness (QED) is 0.695. The minimum Gasteiger partial charge on any atom is -0.444 e. The number of anilines is 1. The molecule has 3 N–H and O–H groups in total. The van der Waals surface area contributed by atoms with Crippen LogP contribution in [0.15, 0.2) is 28.9 Å². The lowest BCUT2D eigenvalue weighted by Crippen LogP contribution is -2.34. The van der Waals surface area contributed by atoms with E-state index in [1.54, 1.807) is 4.68 Å². The summed E-state index contributed by atoms with van der Waals surface area (Å²) < 4.78 is 7.90. The standard InChI is InChI=1S/C17H20BrN5O2/c1-17(2,3)25-16(24)20-6-7-23-9-12-14(22-23)11-5-4-10(18)8-13(11)21-15(12)19/h4-5,8-9H,6-7H2,1-3H3,(H2,19,21)(H,20,24). The molecular formula is C17H20BrN5O2.